The zero-order chi connectivity index (χ0) is 23.1. The predicted octanol–water partition coefficient (Wildman–Crippen LogP) is 2.12. The highest BCUT2D eigenvalue weighted by Gasteiger charge is 2.55. The Morgan fingerprint density at radius 1 is 1.31 bits per heavy atom. The number of likely N-dealkylation sites (tertiary alicyclic amines) is 1. The summed E-state index contributed by atoms with van der Waals surface area (Å²) in [5, 5.41) is 30.0. The Hall–Kier alpha value is -1.71. The maximum Gasteiger partial charge on any atom is 0.189 e. The van der Waals surface area contributed by atoms with Crippen molar-refractivity contribution < 1.29 is 29.2 Å². The van der Waals surface area contributed by atoms with Gasteiger partial charge in [0.05, 0.1) is 32.5 Å². The second-order valence-corrected chi connectivity index (χ2v) is 8.76. The van der Waals surface area contributed by atoms with Crippen LogP contribution in [0.15, 0.2) is 12.1 Å². The lowest BCUT2D eigenvalue weighted by atomic mass is 9.59. The SMILES string of the molecule is CCC[C@H](O)C[C@]12CCN(CC=N)C(Cc3ccc(OCOCCOC)c(OC)c31)[C@H]2O. The summed E-state index contributed by atoms with van der Waals surface area (Å²) in [6.45, 7) is 4.31. The molecule has 0 amide bonds. The summed E-state index contributed by atoms with van der Waals surface area (Å²) in [6.07, 6.45) is 3.58. The number of piperidine rings is 1. The van der Waals surface area contributed by atoms with Gasteiger partial charge >= 0.3 is 0 Å². The topological polar surface area (TPSA) is 104 Å². The fourth-order valence-electron chi connectivity index (χ4n) is 5.43. The minimum absolute atomic E-state index is 0.0717. The summed E-state index contributed by atoms with van der Waals surface area (Å²) in [4.78, 5) is 2.17. The Labute approximate surface area is 190 Å². The van der Waals surface area contributed by atoms with Crippen LogP contribution in [0.25, 0.3) is 0 Å². The van der Waals surface area contributed by atoms with Crippen LogP contribution < -0.4 is 9.47 Å². The lowest BCUT2D eigenvalue weighted by Crippen LogP contribution is -2.64. The van der Waals surface area contributed by atoms with Crippen molar-refractivity contribution in [2.45, 2.75) is 62.7 Å². The van der Waals surface area contributed by atoms with Crippen LogP contribution in [0.3, 0.4) is 0 Å². The van der Waals surface area contributed by atoms with E-state index in [1.54, 1.807) is 14.2 Å². The van der Waals surface area contributed by atoms with E-state index < -0.39 is 17.6 Å². The summed E-state index contributed by atoms with van der Waals surface area (Å²) in [5.41, 5.74) is 1.42. The smallest absolute Gasteiger partial charge is 0.189 e. The molecule has 1 aromatic rings. The summed E-state index contributed by atoms with van der Waals surface area (Å²) in [5.74, 6) is 1.18. The van der Waals surface area contributed by atoms with Crippen molar-refractivity contribution in [2.24, 2.45) is 0 Å². The quantitative estimate of drug-likeness (QED) is 0.240. The fourth-order valence-corrected chi connectivity index (χ4v) is 5.43. The molecule has 0 aromatic heterocycles. The first-order valence-electron chi connectivity index (χ1n) is 11.5. The van der Waals surface area contributed by atoms with Crippen molar-refractivity contribution >= 4 is 6.21 Å². The molecule has 32 heavy (non-hydrogen) atoms. The number of nitrogens with zero attached hydrogens (tertiary/aromatic N) is 1. The second-order valence-electron chi connectivity index (χ2n) is 8.76. The molecule has 8 heteroatoms. The Kier molecular flexibility index (Phi) is 8.90. The number of hydrogen-bond acceptors (Lipinski definition) is 8. The highest BCUT2D eigenvalue weighted by molar-refractivity contribution is 5.59. The maximum absolute atomic E-state index is 11.6. The van der Waals surface area contributed by atoms with Gasteiger partial charge in [-0.2, -0.15) is 0 Å². The number of fused-ring (bicyclic) bond motifs is 4. The van der Waals surface area contributed by atoms with Crippen LogP contribution in [-0.4, -0.2) is 86.9 Å². The van der Waals surface area contributed by atoms with Gasteiger partial charge in [0.2, 0.25) is 0 Å². The Balaban J connectivity index is 1.99. The van der Waals surface area contributed by atoms with Gasteiger partial charge in [0.15, 0.2) is 18.3 Å². The van der Waals surface area contributed by atoms with Gasteiger partial charge in [0.25, 0.3) is 0 Å². The first-order valence-corrected chi connectivity index (χ1v) is 11.5. The van der Waals surface area contributed by atoms with Crippen LogP contribution in [0.5, 0.6) is 11.5 Å². The van der Waals surface area contributed by atoms with Gasteiger partial charge in [-0.15, -0.1) is 0 Å². The third-order valence-electron chi connectivity index (χ3n) is 6.86. The fraction of sp³-hybridized carbons (Fsp3) is 0.708. The lowest BCUT2D eigenvalue weighted by molar-refractivity contribution is -0.0701. The number of rotatable bonds is 13. The van der Waals surface area contributed by atoms with Crippen LogP contribution in [0.1, 0.15) is 43.7 Å². The van der Waals surface area contributed by atoms with E-state index in [4.69, 9.17) is 24.4 Å². The van der Waals surface area contributed by atoms with Gasteiger partial charge in [-0.1, -0.05) is 19.4 Å². The van der Waals surface area contributed by atoms with E-state index in [1.165, 1.54) is 6.21 Å². The molecule has 0 saturated carbocycles. The molecule has 2 bridgehead atoms. The van der Waals surface area contributed by atoms with Crippen molar-refractivity contribution in [1.29, 1.82) is 5.41 Å². The molecule has 4 atom stereocenters. The molecule has 0 spiro atoms. The van der Waals surface area contributed by atoms with Crippen molar-refractivity contribution in [3.05, 3.63) is 23.3 Å². The van der Waals surface area contributed by atoms with Crippen molar-refractivity contribution in [3.8, 4) is 11.5 Å². The summed E-state index contributed by atoms with van der Waals surface area (Å²) >= 11 is 0. The van der Waals surface area contributed by atoms with E-state index in [2.05, 4.69) is 11.8 Å². The highest BCUT2D eigenvalue weighted by atomic mass is 16.7. The van der Waals surface area contributed by atoms with Gasteiger partial charge in [-0.3, -0.25) is 4.90 Å². The second kappa shape index (κ2) is 11.4. The third kappa shape index (κ3) is 4.94. The average Bonchev–Trinajstić information content (AvgIpc) is 2.77. The zero-order valence-electron chi connectivity index (χ0n) is 19.5. The van der Waals surface area contributed by atoms with Gasteiger partial charge < -0.3 is 34.6 Å². The minimum atomic E-state index is -0.669. The van der Waals surface area contributed by atoms with E-state index in [1.807, 2.05) is 12.1 Å². The van der Waals surface area contributed by atoms with E-state index in [0.717, 1.165) is 24.1 Å². The summed E-state index contributed by atoms with van der Waals surface area (Å²) < 4.78 is 22.2. The van der Waals surface area contributed by atoms with Crippen LogP contribution in [-0.2, 0) is 21.3 Å². The van der Waals surface area contributed by atoms with E-state index >= 15 is 0 Å². The molecule has 1 aliphatic heterocycles. The number of hydrogen-bond donors (Lipinski definition) is 3. The molecule has 0 radical (unpaired) electrons. The zero-order valence-corrected chi connectivity index (χ0v) is 19.5. The first-order chi connectivity index (χ1) is 15.5. The molecular formula is C24H38N2O6. The number of aliphatic hydroxyl groups is 2. The van der Waals surface area contributed by atoms with E-state index in [0.29, 0.717) is 56.9 Å². The Morgan fingerprint density at radius 3 is 2.81 bits per heavy atom. The summed E-state index contributed by atoms with van der Waals surface area (Å²) in [6, 6.07) is 3.83. The van der Waals surface area contributed by atoms with Crippen molar-refractivity contribution in [2.75, 3.05) is 47.3 Å². The van der Waals surface area contributed by atoms with Crippen LogP contribution in [0, 0.1) is 5.41 Å². The van der Waals surface area contributed by atoms with Gasteiger partial charge in [-0.25, -0.2) is 0 Å². The maximum atomic E-state index is 11.6. The largest absolute Gasteiger partial charge is 0.493 e. The van der Waals surface area contributed by atoms with E-state index in [-0.39, 0.29) is 12.8 Å². The normalized spacial score (nSPS) is 25.8. The molecule has 8 nitrogen and oxygen atoms in total. The summed E-state index contributed by atoms with van der Waals surface area (Å²) in [7, 11) is 3.24. The number of benzene rings is 1. The molecule has 1 heterocycles. The average molecular weight is 451 g/mol. The van der Waals surface area contributed by atoms with Crippen LogP contribution in [0.4, 0.5) is 0 Å². The molecule has 1 aromatic carbocycles. The number of nitrogens with one attached hydrogen (secondary N) is 1. The monoisotopic (exact) mass is 450 g/mol. The van der Waals surface area contributed by atoms with Crippen molar-refractivity contribution in [3.63, 3.8) is 0 Å². The predicted molar refractivity (Wildman–Crippen MR) is 122 cm³/mol. The molecule has 180 valence electrons. The van der Waals surface area contributed by atoms with Crippen LogP contribution in [0.2, 0.25) is 0 Å². The molecule has 1 saturated heterocycles. The standard InChI is InChI=1S/C24H38N2O6/c1-4-5-18(27)15-24-8-10-26(11-9-25)19(23(24)28)14-17-6-7-20(22(30-3)21(17)24)32-16-31-13-12-29-2/h6-7,9,18-19,23,25,27-28H,4-5,8,10-16H2,1-3H3/t18-,19?,23+,24+/m0/s1. The van der Waals surface area contributed by atoms with Crippen LogP contribution >= 0.6 is 0 Å². The molecular weight excluding hydrogens is 412 g/mol. The third-order valence-corrected chi connectivity index (χ3v) is 6.86. The molecule has 3 N–H and O–H groups in total. The molecule has 1 aliphatic carbocycles. The highest BCUT2D eigenvalue weighted by Crippen LogP contribution is 2.53. The molecule has 1 unspecified atom stereocenters. The first kappa shape index (κ1) is 24.9. The number of aliphatic hydroxyl groups excluding tert-OH is 2. The van der Waals surface area contributed by atoms with Gasteiger partial charge in [0, 0.05) is 36.9 Å². The van der Waals surface area contributed by atoms with Gasteiger partial charge in [-0.05, 0) is 43.9 Å². The van der Waals surface area contributed by atoms with Gasteiger partial charge in [0.1, 0.15) is 0 Å². The molecule has 3 rings (SSSR count). The van der Waals surface area contributed by atoms with E-state index in [9.17, 15) is 10.2 Å². The molecule has 1 fully saturated rings. The number of ether oxygens (including phenoxy) is 4. The Bertz CT molecular complexity index is 760. The van der Waals surface area contributed by atoms with Crippen molar-refractivity contribution in [1.82, 2.24) is 4.90 Å². The number of methoxy groups -OCH3 is 2. The molecule has 2 aliphatic rings. The minimum Gasteiger partial charge on any atom is -0.493 e. The lowest BCUT2D eigenvalue weighted by Gasteiger charge is -2.55. The Morgan fingerprint density at radius 2 is 2.12 bits per heavy atom.